The summed E-state index contributed by atoms with van der Waals surface area (Å²) in [6.45, 7) is 0.460. The summed E-state index contributed by atoms with van der Waals surface area (Å²) in [5, 5.41) is 33.9. The number of nitro groups is 2. The number of nitrogens with zero attached hydrogens (tertiary/aromatic N) is 3. The lowest BCUT2D eigenvalue weighted by molar-refractivity contribution is -0.384. The van der Waals surface area contributed by atoms with E-state index < -0.39 is 32.7 Å². The number of carbonyl (C=O) groups is 1. The van der Waals surface area contributed by atoms with Crippen LogP contribution in [0.4, 0.5) is 17.1 Å². The number of fused-ring (bicyclic) bond motifs is 1. The van der Waals surface area contributed by atoms with Crippen molar-refractivity contribution in [2.75, 3.05) is 18.5 Å². The fourth-order valence-electron chi connectivity index (χ4n) is 2.59. The number of halogens is 1. The molecule has 1 aliphatic heterocycles. The van der Waals surface area contributed by atoms with E-state index in [2.05, 4.69) is 5.32 Å². The van der Waals surface area contributed by atoms with Crippen LogP contribution in [0.5, 0.6) is 11.5 Å². The summed E-state index contributed by atoms with van der Waals surface area (Å²) >= 11 is 5.74. The first-order valence-electron chi connectivity index (χ1n) is 8.25. The Morgan fingerprint density at radius 3 is 2.33 bits per heavy atom. The number of ether oxygens (including phenoxy) is 2. The molecule has 3 rings (SSSR count). The second-order valence-electron chi connectivity index (χ2n) is 5.86. The second-order valence-corrected chi connectivity index (χ2v) is 6.27. The van der Waals surface area contributed by atoms with Gasteiger partial charge in [0, 0.05) is 12.1 Å². The van der Waals surface area contributed by atoms with E-state index in [1.165, 1.54) is 18.2 Å². The average molecular weight is 431 g/mol. The molecule has 0 aromatic heterocycles. The Hall–Kier alpha value is -4.17. The summed E-state index contributed by atoms with van der Waals surface area (Å²) in [6, 6.07) is 7.74. The lowest BCUT2D eigenvalue weighted by atomic mass is 10.1. The largest absolute Gasteiger partial charge is 0.486 e. The topological polar surface area (TPSA) is 158 Å². The molecule has 0 aliphatic carbocycles. The van der Waals surface area contributed by atoms with Crippen molar-refractivity contribution >= 4 is 40.6 Å². The highest BCUT2D eigenvalue weighted by Crippen LogP contribution is 2.39. The van der Waals surface area contributed by atoms with Crippen LogP contribution in [0.25, 0.3) is 6.08 Å². The number of anilines is 1. The van der Waals surface area contributed by atoms with Crippen molar-refractivity contribution in [3.63, 3.8) is 0 Å². The Bertz CT molecular complexity index is 1140. The zero-order valence-electron chi connectivity index (χ0n) is 15.0. The van der Waals surface area contributed by atoms with Gasteiger partial charge in [0.05, 0.1) is 15.9 Å². The van der Waals surface area contributed by atoms with Crippen molar-refractivity contribution < 1.29 is 24.1 Å². The third-order valence-corrected chi connectivity index (χ3v) is 4.27. The van der Waals surface area contributed by atoms with Gasteiger partial charge in [0.1, 0.15) is 35.6 Å². The fraction of sp³-hybridized carbons (Fsp3) is 0.111. The summed E-state index contributed by atoms with van der Waals surface area (Å²) in [7, 11) is 0. The summed E-state index contributed by atoms with van der Waals surface area (Å²) < 4.78 is 10.6. The standard InChI is InChI=1S/C18H11ClN4O7/c19-12-2-1-10(6-14(12)22(25)26)5-11(9-20)18(24)21-13-7-16-17(30-4-3-29-16)8-15(13)23(27)28/h1-2,5-8H,3-4H2,(H,21,24)/b11-5+. The molecule has 0 bridgehead atoms. The van der Waals surface area contributed by atoms with Crippen LogP contribution in [-0.2, 0) is 4.79 Å². The maximum atomic E-state index is 12.5. The number of rotatable bonds is 5. The van der Waals surface area contributed by atoms with E-state index in [4.69, 9.17) is 21.1 Å². The van der Waals surface area contributed by atoms with Crippen LogP contribution in [-0.4, -0.2) is 29.0 Å². The van der Waals surface area contributed by atoms with Gasteiger partial charge in [0.2, 0.25) is 0 Å². The van der Waals surface area contributed by atoms with Gasteiger partial charge in [-0.1, -0.05) is 17.7 Å². The second kappa shape index (κ2) is 8.46. The van der Waals surface area contributed by atoms with Crippen molar-refractivity contribution in [3.05, 3.63) is 66.7 Å². The first-order valence-corrected chi connectivity index (χ1v) is 8.63. The highest BCUT2D eigenvalue weighted by Gasteiger charge is 2.24. The van der Waals surface area contributed by atoms with Gasteiger partial charge in [0.25, 0.3) is 17.3 Å². The number of nitrogens with one attached hydrogen (secondary N) is 1. The van der Waals surface area contributed by atoms with E-state index in [1.807, 2.05) is 0 Å². The normalized spacial score (nSPS) is 12.6. The van der Waals surface area contributed by atoms with Gasteiger partial charge in [-0.3, -0.25) is 25.0 Å². The third kappa shape index (κ3) is 4.29. The van der Waals surface area contributed by atoms with E-state index in [-0.39, 0.29) is 41.0 Å². The molecular weight excluding hydrogens is 420 g/mol. The van der Waals surface area contributed by atoms with Crippen molar-refractivity contribution in [1.29, 1.82) is 5.26 Å². The zero-order chi connectivity index (χ0) is 21.8. The van der Waals surface area contributed by atoms with Crippen molar-refractivity contribution in [2.24, 2.45) is 0 Å². The molecule has 0 saturated carbocycles. The number of carbonyl (C=O) groups excluding carboxylic acids is 1. The molecule has 11 nitrogen and oxygen atoms in total. The molecule has 1 aliphatic rings. The monoisotopic (exact) mass is 430 g/mol. The van der Waals surface area contributed by atoms with E-state index in [0.717, 1.165) is 18.2 Å². The van der Waals surface area contributed by atoms with Gasteiger partial charge in [0.15, 0.2) is 11.5 Å². The molecule has 0 atom stereocenters. The molecule has 0 fully saturated rings. The molecule has 1 amide bonds. The minimum atomic E-state index is -0.949. The Labute approximate surface area is 173 Å². The molecule has 0 saturated heterocycles. The van der Waals surface area contributed by atoms with Crippen LogP contribution in [0.2, 0.25) is 5.02 Å². The summed E-state index contributed by atoms with van der Waals surface area (Å²) in [4.78, 5) is 33.4. The van der Waals surface area contributed by atoms with Crippen LogP contribution in [0.15, 0.2) is 35.9 Å². The number of hydrogen-bond acceptors (Lipinski definition) is 8. The van der Waals surface area contributed by atoms with Crippen LogP contribution < -0.4 is 14.8 Å². The van der Waals surface area contributed by atoms with Crippen LogP contribution in [0.3, 0.4) is 0 Å². The molecule has 0 spiro atoms. The minimum absolute atomic E-state index is 0.105. The quantitative estimate of drug-likeness (QED) is 0.326. The van der Waals surface area contributed by atoms with Gasteiger partial charge in [-0.2, -0.15) is 5.26 Å². The molecule has 152 valence electrons. The lowest BCUT2D eigenvalue weighted by Gasteiger charge is -2.19. The minimum Gasteiger partial charge on any atom is -0.486 e. The van der Waals surface area contributed by atoms with Crippen molar-refractivity contribution in [3.8, 4) is 17.6 Å². The molecule has 0 radical (unpaired) electrons. The predicted octanol–water partition coefficient (Wildman–Crippen LogP) is 3.47. The lowest BCUT2D eigenvalue weighted by Crippen LogP contribution is -2.18. The third-order valence-electron chi connectivity index (χ3n) is 3.95. The average Bonchev–Trinajstić information content (AvgIpc) is 2.72. The Morgan fingerprint density at radius 1 is 1.10 bits per heavy atom. The Balaban J connectivity index is 1.93. The summed E-state index contributed by atoms with van der Waals surface area (Å²) in [6.07, 6.45) is 1.10. The first-order chi connectivity index (χ1) is 14.3. The highest BCUT2D eigenvalue weighted by atomic mass is 35.5. The summed E-state index contributed by atoms with van der Waals surface area (Å²) in [5.41, 5.74) is -1.31. The van der Waals surface area contributed by atoms with Crippen LogP contribution >= 0.6 is 11.6 Å². The highest BCUT2D eigenvalue weighted by molar-refractivity contribution is 6.32. The molecule has 30 heavy (non-hydrogen) atoms. The van der Waals surface area contributed by atoms with Crippen LogP contribution in [0, 0.1) is 31.6 Å². The zero-order valence-corrected chi connectivity index (χ0v) is 15.7. The van der Waals surface area contributed by atoms with Crippen molar-refractivity contribution in [2.45, 2.75) is 0 Å². The van der Waals surface area contributed by atoms with Crippen molar-refractivity contribution in [1.82, 2.24) is 0 Å². The number of nitro benzene ring substituents is 2. The number of amides is 1. The molecule has 2 aromatic rings. The SMILES string of the molecule is N#C/C(=C\c1ccc(Cl)c([N+](=O)[O-])c1)C(=O)Nc1cc2c(cc1[N+](=O)[O-])OCCO2. The van der Waals surface area contributed by atoms with Gasteiger partial charge < -0.3 is 14.8 Å². The molecule has 1 heterocycles. The summed E-state index contributed by atoms with van der Waals surface area (Å²) in [5.74, 6) is -0.580. The van der Waals surface area contributed by atoms with Crippen LogP contribution in [0.1, 0.15) is 5.56 Å². The maximum absolute atomic E-state index is 12.5. The van der Waals surface area contributed by atoms with Gasteiger partial charge >= 0.3 is 0 Å². The Kier molecular flexibility index (Phi) is 5.80. The van der Waals surface area contributed by atoms with Gasteiger partial charge in [-0.05, 0) is 17.7 Å². The number of benzene rings is 2. The molecule has 1 N–H and O–H groups in total. The van der Waals surface area contributed by atoms with E-state index in [1.54, 1.807) is 6.07 Å². The van der Waals surface area contributed by atoms with E-state index >= 15 is 0 Å². The smallest absolute Gasteiger partial charge is 0.296 e. The number of hydrogen-bond donors (Lipinski definition) is 1. The van der Waals surface area contributed by atoms with Gasteiger partial charge in [-0.25, -0.2) is 0 Å². The molecular formula is C18H11ClN4O7. The van der Waals surface area contributed by atoms with E-state index in [9.17, 15) is 30.3 Å². The van der Waals surface area contributed by atoms with E-state index in [0.29, 0.717) is 0 Å². The maximum Gasteiger partial charge on any atom is 0.296 e. The fourth-order valence-corrected chi connectivity index (χ4v) is 2.78. The molecule has 0 unspecified atom stereocenters. The molecule has 12 heteroatoms. The first kappa shape index (κ1) is 20.6. The number of nitriles is 1. The van der Waals surface area contributed by atoms with Gasteiger partial charge in [-0.15, -0.1) is 0 Å². The molecule has 2 aromatic carbocycles. The predicted molar refractivity (Wildman–Crippen MR) is 104 cm³/mol. The Morgan fingerprint density at radius 2 is 1.73 bits per heavy atom.